The van der Waals surface area contributed by atoms with E-state index in [-0.39, 0.29) is 11.6 Å². The van der Waals surface area contributed by atoms with Crippen LogP contribution >= 0.6 is 0 Å². The molecule has 0 saturated carbocycles. The highest BCUT2D eigenvalue weighted by Crippen LogP contribution is 2.36. The zero-order valence-corrected chi connectivity index (χ0v) is 17.5. The van der Waals surface area contributed by atoms with Crippen molar-refractivity contribution in [2.45, 2.75) is 45.6 Å². The Hall–Kier alpha value is -1.68. The molecule has 1 N–H and O–H groups in total. The summed E-state index contributed by atoms with van der Waals surface area (Å²) in [5.41, 5.74) is 1.22. The average molecular weight is 369 g/mol. The van der Waals surface area contributed by atoms with Crippen molar-refractivity contribution in [2.75, 3.05) is 13.2 Å². The smallest absolute Gasteiger partial charge is 0.261 e. The molecule has 0 amide bonds. The topological polar surface area (TPSA) is 29.5 Å². The first-order valence-corrected chi connectivity index (χ1v) is 11.3. The van der Waals surface area contributed by atoms with Crippen LogP contribution in [0.5, 0.6) is 0 Å². The maximum Gasteiger partial charge on any atom is 0.261 e. The molecule has 26 heavy (non-hydrogen) atoms. The Morgan fingerprint density at radius 1 is 0.962 bits per heavy atom. The van der Waals surface area contributed by atoms with E-state index in [9.17, 15) is 0 Å². The van der Waals surface area contributed by atoms with Gasteiger partial charge in [0.25, 0.3) is 8.32 Å². The van der Waals surface area contributed by atoms with Gasteiger partial charge in [-0.1, -0.05) is 93.1 Å². The molecule has 2 aromatic carbocycles. The molecule has 0 aliphatic heterocycles. The van der Waals surface area contributed by atoms with E-state index in [1.165, 1.54) is 15.9 Å². The number of aliphatic hydroxyl groups excluding tert-OH is 1. The van der Waals surface area contributed by atoms with Crippen molar-refractivity contribution in [3.63, 3.8) is 0 Å². The molecule has 0 aliphatic carbocycles. The third-order valence-electron chi connectivity index (χ3n) is 4.89. The fourth-order valence-electron chi connectivity index (χ4n) is 3.60. The normalized spacial score (nSPS) is 13.0. The molecule has 2 nitrogen and oxygen atoms in total. The third-order valence-corrected chi connectivity index (χ3v) is 9.93. The SMILES string of the molecule is C/C(=C\CO)CCCO[Si](c1ccccc1)(c1ccccc1)C(C)(C)C. The quantitative estimate of drug-likeness (QED) is 0.428. The number of aliphatic hydroxyl groups is 1. The van der Waals surface area contributed by atoms with Crippen LogP contribution in [0.3, 0.4) is 0 Å². The monoisotopic (exact) mass is 368 g/mol. The molecule has 3 heteroatoms. The lowest BCUT2D eigenvalue weighted by molar-refractivity contribution is 0.291. The highest BCUT2D eigenvalue weighted by Gasteiger charge is 2.49. The summed E-state index contributed by atoms with van der Waals surface area (Å²) in [7, 11) is -2.41. The lowest BCUT2D eigenvalue weighted by atomic mass is 10.2. The van der Waals surface area contributed by atoms with Crippen LogP contribution in [0, 0.1) is 0 Å². The van der Waals surface area contributed by atoms with Crippen LogP contribution in [0.4, 0.5) is 0 Å². The molecule has 0 fully saturated rings. The summed E-state index contributed by atoms with van der Waals surface area (Å²) in [6, 6.07) is 21.5. The molecule has 0 atom stereocenters. The zero-order valence-electron chi connectivity index (χ0n) is 16.5. The minimum Gasteiger partial charge on any atom is -0.407 e. The average Bonchev–Trinajstić information content (AvgIpc) is 2.62. The van der Waals surface area contributed by atoms with Crippen LogP contribution in [0.25, 0.3) is 0 Å². The number of rotatable bonds is 8. The molecule has 0 radical (unpaired) electrons. The van der Waals surface area contributed by atoms with Crippen LogP contribution in [0.2, 0.25) is 5.04 Å². The van der Waals surface area contributed by atoms with Gasteiger partial charge in [0, 0.05) is 6.61 Å². The van der Waals surface area contributed by atoms with Crippen molar-refractivity contribution in [1.82, 2.24) is 0 Å². The van der Waals surface area contributed by atoms with Crippen LogP contribution in [-0.2, 0) is 4.43 Å². The van der Waals surface area contributed by atoms with E-state index < -0.39 is 8.32 Å². The van der Waals surface area contributed by atoms with Gasteiger partial charge in [0.1, 0.15) is 0 Å². The lowest BCUT2D eigenvalue weighted by Crippen LogP contribution is -2.66. The number of hydrogen-bond donors (Lipinski definition) is 1. The molecular formula is C23H32O2Si. The van der Waals surface area contributed by atoms with Crippen molar-refractivity contribution in [3.05, 3.63) is 72.3 Å². The Bertz CT molecular complexity index is 648. The van der Waals surface area contributed by atoms with Gasteiger partial charge < -0.3 is 9.53 Å². The van der Waals surface area contributed by atoms with Gasteiger partial charge in [0.05, 0.1) is 6.61 Å². The van der Waals surface area contributed by atoms with Gasteiger partial charge in [-0.15, -0.1) is 0 Å². The first-order chi connectivity index (χ1) is 12.4. The van der Waals surface area contributed by atoms with E-state index in [2.05, 4.69) is 88.4 Å². The van der Waals surface area contributed by atoms with Crippen molar-refractivity contribution in [3.8, 4) is 0 Å². The summed E-state index contributed by atoms with van der Waals surface area (Å²) < 4.78 is 6.84. The highest BCUT2D eigenvalue weighted by molar-refractivity contribution is 6.99. The maximum absolute atomic E-state index is 9.03. The summed E-state index contributed by atoms with van der Waals surface area (Å²) in [5, 5.41) is 11.7. The van der Waals surface area contributed by atoms with Gasteiger partial charge in [0.2, 0.25) is 0 Å². The van der Waals surface area contributed by atoms with E-state index >= 15 is 0 Å². The molecule has 0 aromatic heterocycles. The second kappa shape index (κ2) is 9.31. The summed E-state index contributed by atoms with van der Waals surface area (Å²) in [4.78, 5) is 0. The molecule has 0 saturated heterocycles. The fraction of sp³-hybridized carbons (Fsp3) is 0.391. The van der Waals surface area contributed by atoms with Gasteiger partial charge in [-0.25, -0.2) is 0 Å². The Morgan fingerprint density at radius 2 is 1.46 bits per heavy atom. The molecule has 0 heterocycles. The Balaban J connectivity index is 2.36. The van der Waals surface area contributed by atoms with Crippen molar-refractivity contribution in [1.29, 1.82) is 0 Å². The van der Waals surface area contributed by atoms with Gasteiger partial charge in [-0.05, 0) is 35.2 Å². The Morgan fingerprint density at radius 3 is 1.88 bits per heavy atom. The molecule has 2 rings (SSSR count). The van der Waals surface area contributed by atoms with E-state index in [0.717, 1.165) is 19.4 Å². The number of allylic oxidation sites excluding steroid dienone is 1. The fourth-order valence-corrected chi connectivity index (χ4v) is 8.20. The molecule has 2 aromatic rings. The number of benzene rings is 2. The zero-order chi connectivity index (χ0) is 19.0. The van der Waals surface area contributed by atoms with Gasteiger partial charge in [0.15, 0.2) is 0 Å². The molecule has 140 valence electrons. The largest absolute Gasteiger partial charge is 0.407 e. The predicted octanol–water partition coefficient (Wildman–Crippen LogP) is 4.28. The number of hydrogen-bond acceptors (Lipinski definition) is 2. The second-order valence-corrected chi connectivity index (χ2v) is 12.2. The summed E-state index contributed by atoms with van der Waals surface area (Å²) in [6.45, 7) is 9.81. The maximum atomic E-state index is 9.03. The van der Waals surface area contributed by atoms with E-state index in [1.54, 1.807) is 0 Å². The van der Waals surface area contributed by atoms with Crippen LogP contribution in [0.1, 0.15) is 40.5 Å². The van der Waals surface area contributed by atoms with E-state index in [1.807, 2.05) is 6.08 Å². The molecule has 0 aliphatic rings. The first-order valence-electron chi connectivity index (χ1n) is 9.43. The first kappa shape index (κ1) is 20.6. The van der Waals surface area contributed by atoms with Crippen LogP contribution in [-0.4, -0.2) is 26.6 Å². The minimum atomic E-state index is -2.41. The van der Waals surface area contributed by atoms with E-state index in [4.69, 9.17) is 9.53 Å². The van der Waals surface area contributed by atoms with Crippen LogP contribution in [0.15, 0.2) is 72.3 Å². The molecule has 0 spiro atoms. The Labute approximate surface area is 159 Å². The second-order valence-electron chi connectivity index (χ2n) is 7.85. The standard InChI is InChI=1S/C23H32O2Si/c1-20(17-18-24)12-11-19-25-26(23(2,3)4,21-13-7-5-8-14-21)22-15-9-6-10-16-22/h5-10,13-17,24H,11-12,18-19H2,1-4H3/b20-17+. The molecule has 0 bridgehead atoms. The minimum absolute atomic E-state index is 0.0195. The summed E-state index contributed by atoms with van der Waals surface area (Å²) in [6.07, 6.45) is 3.80. The molecular weight excluding hydrogens is 336 g/mol. The van der Waals surface area contributed by atoms with Crippen LogP contribution < -0.4 is 10.4 Å². The van der Waals surface area contributed by atoms with Crippen molar-refractivity contribution in [2.24, 2.45) is 0 Å². The Kier molecular flexibility index (Phi) is 7.39. The van der Waals surface area contributed by atoms with Crippen molar-refractivity contribution >= 4 is 18.7 Å². The lowest BCUT2D eigenvalue weighted by Gasteiger charge is -2.43. The van der Waals surface area contributed by atoms with Gasteiger partial charge >= 0.3 is 0 Å². The summed E-state index contributed by atoms with van der Waals surface area (Å²) in [5.74, 6) is 0. The van der Waals surface area contributed by atoms with Crippen molar-refractivity contribution < 1.29 is 9.53 Å². The third kappa shape index (κ3) is 4.73. The van der Waals surface area contributed by atoms with Gasteiger partial charge in [-0.3, -0.25) is 0 Å². The highest BCUT2D eigenvalue weighted by atomic mass is 28.4. The van der Waals surface area contributed by atoms with E-state index in [0.29, 0.717) is 0 Å². The summed E-state index contributed by atoms with van der Waals surface area (Å²) >= 11 is 0. The van der Waals surface area contributed by atoms with Gasteiger partial charge in [-0.2, -0.15) is 0 Å². The predicted molar refractivity (Wildman–Crippen MR) is 114 cm³/mol. The molecule has 0 unspecified atom stereocenters.